The Kier molecular flexibility index (Phi) is 3.47. The molecule has 0 atom stereocenters. The first kappa shape index (κ1) is 12.0. The van der Waals surface area contributed by atoms with Crippen molar-refractivity contribution >= 4 is 17.5 Å². The van der Waals surface area contributed by atoms with Crippen LogP contribution in [0.3, 0.4) is 0 Å². The summed E-state index contributed by atoms with van der Waals surface area (Å²) in [6, 6.07) is 2.76. The van der Waals surface area contributed by atoms with Crippen molar-refractivity contribution in [1.82, 2.24) is 14.6 Å². The Morgan fingerprint density at radius 2 is 2.28 bits per heavy atom. The number of hydrogen-bond acceptors (Lipinski definition) is 3. The number of hydrogen-bond donors (Lipinski definition) is 1. The van der Waals surface area contributed by atoms with Gasteiger partial charge in [-0.2, -0.15) is 4.98 Å². The highest BCUT2D eigenvalue weighted by molar-refractivity contribution is 5.98. The number of anilines is 1. The molecular weight excluding hydrogens is 235 g/mol. The minimum Gasteiger partial charge on any atom is -0.290 e. The maximum atomic E-state index is 12.9. The Bertz CT molecular complexity index is 630. The summed E-state index contributed by atoms with van der Waals surface area (Å²) < 4.78 is 14.2. The van der Waals surface area contributed by atoms with E-state index in [2.05, 4.69) is 15.4 Å². The van der Waals surface area contributed by atoms with E-state index in [0.717, 1.165) is 0 Å². The van der Waals surface area contributed by atoms with E-state index in [1.165, 1.54) is 28.9 Å². The van der Waals surface area contributed by atoms with Gasteiger partial charge in [0.05, 0.1) is 6.20 Å². The van der Waals surface area contributed by atoms with Gasteiger partial charge in [0.1, 0.15) is 5.82 Å². The first-order chi connectivity index (χ1) is 8.69. The van der Waals surface area contributed by atoms with Crippen molar-refractivity contribution in [2.24, 2.45) is 0 Å². The lowest BCUT2D eigenvalue weighted by Gasteiger charge is -1.92. The van der Waals surface area contributed by atoms with E-state index in [4.69, 9.17) is 0 Å². The van der Waals surface area contributed by atoms with Gasteiger partial charge in [-0.15, -0.1) is 5.10 Å². The van der Waals surface area contributed by atoms with Gasteiger partial charge in [-0.05, 0) is 19.1 Å². The van der Waals surface area contributed by atoms with Gasteiger partial charge in [-0.1, -0.05) is 18.2 Å². The van der Waals surface area contributed by atoms with Gasteiger partial charge >= 0.3 is 0 Å². The molecule has 0 bridgehead atoms. The van der Waals surface area contributed by atoms with Crippen molar-refractivity contribution in [2.75, 3.05) is 5.32 Å². The van der Waals surface area contributed by atoms with Crippen LogP contribution in [0, 0.1) is 5.82 Å². The molecule has 2 aromatic heterocycles. The standard InChI is InChI=1S/C12H11FN4O/c1-2-3-4-5-11(18)15-12-14-10-7-6-9(13)8-17(10)16-12/h2-8H,1H3,(H,15,16,18)/b3-2+,5-4+. The van der Waals surface area contributed by atoms with Crippen LogP contribution in [-0.4, -0.2) is 20.5 Å². The quantitative estimate of drug-likeness (QED) is 0.665. The Balaban J connectivity index is 2.14. The SMILES string of the molecule is C/C=C/C=C/C(=O)Nc1nc2ccc(F)cn2n1. The van der Waals surface area contributed by atoms with E-state index in [9.17, 15) is 9.18 Å². The van der Waals surface area contributed by atoms with Crippen LogP contribution in [0.4, 0.5) is 10.3 Å². The van der Waals surface area contributed by atoms with Gasteiger partial charge < -0.3 is 0 Å². The minimum atomic E-state index is -0.418. The van der Waals surface area contributed by atoms with E-state index in [1.54, 1.807) is 18.2 Å². The average molecular weight is 246 g/mol. The molecule has 2 rings (SSSR count). The fraction of sp³-hybridized carbons (Fsp3) is 0.0833. The fourth-order valence-corrected chi connectivity index (χ4v) is 1.32. The maximum absolute atomic E-state index is 12.9. The van der Waals surface area contributed by atoms with E-state index >= 15 is 0 Å². The predicted octanol–water partition coefficient (Wildman–Crippen LogP) is 1.94. The molecule has 0 aliphatic rings. The van der Waals surface area contributed by atoms with E-state index < -0.39 is 5.82 Å². The molecule has 0 saturated heterocycles. The summed E-state index contributed by atoms with van der Waals surface area (Å²) in [7, 11) is 0. The number of rotatable bonds is 3. The molecule has 2 heterocycles. The highest BCUT2D eigenvalue weighted by atomic mass is 19.1. The molecule has 18 heavy (non-hydrogen) atoms. The molecule has 0 aromatic carbocycles. The lowest BCUT2D eigenvalue weighted by Crippen LogP contribution is -2.09. The number of nitrogens with one attached hydrogen (secondary N) is 1. The van der Waals surface area contributed by atoms with Crippen molar-refractivity contribution in [3.05, 3.63) is 48.5 Å². The normalized spacial score (nSPS) is 11.7. The van der Waals surface area contributed by atoms with Crippen LogP contribution in [0.15, 0.2) is 42.6 Å². The van der Waals surface area contributed by atoms with E-state index in [1.807, 2.05) is 6.92 Å². The third-order valence-corrected chi connectivity index (χ3v) is 2.08. The lowest BCUT2D eigenvalue weighted by atomic mass is 10.4. The Labute approximate surface area is 103 Å². The molecule has 2 aromatic rings. The summed E-state index contributed by atoms with van der Waals surface area (Å²) in [5.74, 6) is -0.626. The summed E-state index contributed by atoms with van der Waals surface area (Å²) in [6.45, 7) is 1.85. The minimum absolute atomic E-state index is 0.135. The summed E-state index contributed by atoms with van der Waals surface area (Å²) >= 11 is 0. The second kappa shape index (κ2) is 5.22. The Morgan fingerprint density at radius 3 is 3.06 bits per heavy atom. The first-order valence-electron chi connectivity index (χ1n) is 5.31. The second-order valence-electron chi connectivity index (χ2n) is 3.46. The molecule has 0 spiro atoms. The molecule has 0 unspecified atom stereocenters. The van der Waals surface area contributed by atoms with Gasteiger partial charge in [-0.3, -0.25) is 10.1 Å². The number of allylic oxidation sites excluding steroid dienone is 3. The van der Waals surface area contributed by atoms with Crippen LogP contribution in [0.2, 0.25) is 0 Å². The monoisotopic (exact) mass is 246 g/mol. The highest BCUT2D eigenvalue weighted by Gasteiger charge is 2.05. The molecular formula is C12H11FN4O. The van der Waals surface area contributed by atoms with Crippen LogP contribution >= 0.6 is 0 Å². The molecule has 92 valence electrons. The number of nitrogens with zero attached hydrogens (tertiary/aromatic N) is 3. The van der Waals surface area contributed by atoms with Crippen molar-refractivity contribution in [3.8, 4) is 0 Å². The zero-order valence-electron chi connectivity index (χ0n) is 9.67. The van der Waals surface area contributed by atoms with Gasteiger partial charge in [0, 0.05) is 6.08 Å². The van der Waals surface area contributed by atoms with Crippen LogP contribution in [0.5, 0.6) is 0 Å². The van der Waals surface area contributed by atoms with Crippen LogP contribution in [0.1, 0.15) is 6.92 Å². The molecule has 0 aliphatic carbocycles. The van der Waals surface area contributed by atoms with Crippen LogP contribution in [0.25, 0.3) is 5.65 Å². The van der Waals surface area contributed by atoms with Crippen LogP contribution < -0.4 is 5.32 Å². The molecule has 0 aliphatic heterocycles. The lowest BCUT2D eigenvalue weighted by molar-refractivity contribution is -0.111. The number of halogens is 1. The van der Waals surface area contributed by atoms with Gasteiger partial charge in [0.15, 0.2) is 5.65 Å². The largest absolute Gasteiger partial charge is 0.290 e. The molecule has 5 nitrogen and oxygen atoms in total. The summed E-state index contributed by atoms with van der Waals surface area (Å²) in [5.41, 5.74) is 0.462. The van der Waals surface area contributed by atoms with E-state index in [0.29, 0.717) is 5.65 Å². The summed E-state index contributed by atoms with van der Waals surface area (Å²) in [4.78, 5) is 15.5. The zero-order valence-corrected chi connectivity index (χ0v) is 9.67. The van der Waals surface area contributed by atoms with Gasteiger partial charge in [0.2, 0.25) is 5.95 Å². The Morgan fingerprint density at radius 1 is 1.44 bits per heavy atom. The third kappa shape index (κ3) is 2.79. The smallest absolute Gasteiger partial charge is 0.250 e. The zero-order chi connectivity index (χ0) is 13.0. The van der Waals surface area contributed by atoms with Gasteiger partial charge in [0.25, 0.3) is 5.91 Å². The Hall–Kier alpha value is -2.50. The molecule has 0 radical (unpaired) electrons. The van der Waals surface area contributed by atoms with E-state index in [-0.39, 0.29) is 11.9 Å². The average Bonchev–Trinajstić information content (AvgIpc) is 2.70. The second-order valence-corrected chi connectivity index (χ2v) is 3.46. The number of amides is 1. The number of carbonyl (C=O) groups excluding carboxylic acids is 1. The van der Waals surface area contributed by atoms with Crippen molar-refractivity contribution < 1.29 is 9.18 Å². The number of fused-ring (bicyclic) bond motifs is 1. The first-order valence-corrected chi connectivity index (χ1v) is 5.31. The highest BCUT2D eigenvalue weighted by Crippen LogP contribution is 2.06. The van der Waals surface area contributed by atoms with Crippen molar-refractivity contribution in [2.45, 2.75) is 6.92 Å². The predicted molar refractivity (Wildman–Crippen MR) is 65.5 cm³/mol. The molecule has 0 fully saturated rings. The third-order valence-electron chi connectivity index (χ3n) is 2.08. The molecule has 1 amide bonds. The number of pyridine rings is 1. The molecule has 1 N–H and O–H groups in total. The fourth-order valence-electron chi connectivity index (χ4n) is 1.32. The van der Waals surface area contributed by atoms with Crippen molar-refractivity contribution in [1.29, 1.82) is 0 Å². The summed E-state index contributed by atoms with van der Waals surface area (Å²) in [5, 5.41) is 6.41. The number of aromatic nitrogens is 3. The van der Waals surface area contributed by atoms with Crippen molar-refractivity contribution in [3.63, 3.8) is 0 Å². The summed E-state index contributed by atoms with van der Waals surface area (Å²) in [6.07, 6.45) is 7.67. The molecule has 6 heteroatoms. The molecule has 0 saturated carbocycles. The van der Waals surface area contributed by atoms with Crippen LogP contribution in [-0.2, 0) is 4.79 Å². The topological polar surface area (TPSA) is 59.3 Å². The maximum Gasteiger partial charge on any atom is 0.250 e. The number of carbonyl (C=O) groups is 1. The van der Waals surface area contributed by atoms with Gasteiger partial charge in [-0.25, -0.2) is 8.91 Å².